The first-order valence-corrected chi connectivity index (χ1v) is 7.96. The van der Waals surface area contributed by atoms with E-state index in [0.717, 1.165) is 16.8 Å². The highest BCUT2D eigenvalue weighted by atomic mass is 16.7. The van der Waals surface area contributed by atoms with Gasteiger partial charge >= 0.3 is 0 Å². The van der Waals surface area contributed by atoms with Crippen molar-refractivity contribution in [2.45, 2.75) is 32.1 Å². The number of nitrogens with one attached hydrogen (secondary N) is 1. The molecule has 0 amide bonds. The van der Waals surface area contributed by atoms with Gasteiger partial charge in [-0.1, -0.05) is 26.8 Å². The molecule has 25 heavy (non-hydrogen) atoms. The van der Waals surface area contributed by atoms with Gasteiger partial charge in [0.15, 0.2) is 11.5 Å². The molecule has 0 saturated heterocycles. The Bertz CT molecular complexity index is 931. The highest BCUT2D eigenvalue weighted by Gasteiger charge is 2.38. The third-order valence-electron chi connectivity index (χ3n) is 4.42. The predicted molar refractivity (Wildman–Crippen MR) is 89.2 cm³/mol. The van der Waals surface area contributed by atoms with E-state index < -0.39 is 0 Å². The molecule has 128 valence electrons. The number of allylic oxidation sites excluding steroid dienone is 1. The third-order valence-corrected chi connectivity index (χ3v) is 4.42. The van der Waals surface area contributed by atoms with E-state index in [1.807, 2.05) is 18.2 Å². The molecule has 7 heteroatoms. The predicted octanol–water partition coefficient (Wildman–Crippen LogP) is 2.65. The van der Waals surface area contributed by atoms with Gasteiger partial charge in [-0.05, 0) is 17.7 Å². The zero-order valence-electron chi connectivity index (χ0n) is 14.2. The molecule has 0 aliphatic carbocycles. The average Bonchev–Trinajstić information content (AvgIpc) is 3.18. The fourth-order valence-electron chi connectivity index (χ4n) is 3.24. The quantitative estimate of drug-likeness (QED) is 0.828. The van der Waals surface area contributed by atoms with Crippen molar-refractivity contribution >= 4 is 0 Å². The molecule has 2 aliphatic heterocycles. The fourth-order valence-corrected chi connectivity index (χ4v) is 3.24. The number of ether oxygens (including phenoxy) is 3. The van der Waals surface area contributed by atoms with Crippen LogP contribution in [0, 0.1) is 11.3 Å². The van der Waals surface area contributed by atoms with Gasteiger partial charge in [0.25, 0.3) is 0 Å². The molecule has 7 nitrogen and oxygen atoms in total. The summed E-state index contributed by atoms with van der Waals surface area (Å²) in [6.45, 7) is 6.42. The molecule has 1 aromatic heterocycles. The number of aromatic nitrogens is 2. The lowest BCUT2D eigenvalue weighted by molar-refractivity contribution is 0.174. The summed E-state index contributed by atoms with van der Waals surface area (Å²) in [5, 5.41) is 17.0. The molecule has 1 atom stereocenters. The summed E-state index contributed by atoms with van der Waals surface area (Å²) in [5.41, 5.74) is 8.76. The van der Waals surface area contributed by atoms with Crippen LogP contribution in [0.25, 0.3) is 0 Å². The monoisotopic (exact) mass is 338 g/mol. The maximum absolute atomic E-state index is 9.69. The summed E-state index contributed by atoms with van der Waals surface area (Å²) in [4.78, 5) is 0. The molecular formula is C18H18N4O3. The number of hydrogen-bond acceptors (Lipinski definition) is 6. The Labute approximate surface area is 145 Å². The molecular weight excluding hydrogens is 320 g/mol. The van der Waals surface area contributed by atoms with Crippen LogP contribution in [-0.2, 0) is 5.41 Å². The molecule has 0 spiro atoms. The first-order valence-electron chi connectivity index (χ1n) is 7.96. The van der Waals surface area contributed by atoms with Crippen LogP contribution < -0.4 is 19.9 Å². The van der Waals surface area contributed by atoms with E-state index in [2.05, 4.69) is 37.0 Å². The summed E-state index contributed by atoms with van der Waals surface area (Å²) in [6.07, 6.45) is 0. The van der Waals surface area contributed by atoms with Gasteiger partial charge in [0.2, 0.25) is 18.6 Å². The zero-order valence-corrected chi connectivity index (χ0v) is 14.2. The summed E-state index contributed by atoms with van der Waals surface area (Å²) in [6, 6.07) is 7.83. The Balaban J connectivity index is 1.94. The van der Waals surface area contributed by atoms with E-state index in [0.29, 0.717) is 23.0 Å². The standard InChI is InChI=1S/C18H18N4O3/c1-18(2,3)15-14-13(9-4-5-11-12(6-9)24-8-23-11)10(7-19)16(20)25-17(14)22-21-15/h4-6,13H,8,20H2,1-3H3,(H,21,22). The number of nitriles is 1. The van der Waals surface area contributed by atoms with Gasteiger partial charge in [0.1, 0.15) is 11.6 Å². The van der Waals surface area contributed by atoms with Crippen LogP contribution in [0.4, 0.5) is 0 Å². The molecule has 0 fully saturated rings. The lowest BCUT2D eigenvalue weighted by atomic mass is 9.79. The van der Waals surface area contributed by atoms with Crippen molar-refractivity contribution < 1.29 is 14.2 Å². The lowest BCUT2D eigenvalue weighted by Gasteiger charge is -2.27. The maximum Gasteiger partial charge on any atom is 0.244 e. The minimum absolute atomic E-state index is 0.0737. The van der Waals surface area contributed by atoms with Gasteiger partial charge in [-0.3, -0.25) is 5.10 Å². The Morgan fingerprint density at radius 1 is 1.28 bits per heavy atom. The normalized spacial score (nSPS) is 18.6. The maximum atomic E-state index is 9.69. The topological polar surface area (TPSA) is 106 Å². The minimum atomic E-state index is -0.378. The van der Waals surface area contributed by atoms with Crippen molar-refractivity contribution in [1.82, 2.24) is 10.2 Å². The minimum Gasteiger partial charge on any atom is -0.454 e. The van der Waals surface area contributed by atoms with Crippen LogP contribution in [0.15, 0.2) is 29.7 Å². The number of fused-ring (bicyclic) bond motifs is 2. The first kappa shape index (κ1) is 15.4. The smallest absolute Gasteiger partial charge is 0.244 e. The number of benzene rings is 1. The van der Waals surface area contributed by atoms with Crippen LogP contribution in [0.5, 0.6) is 17.4 Å². The molecule has 2 aromatic rings. The molecule has 0 saturated carbocycles. The van der Waals surface area contributed by atoms with Crippen molar-refractivity contribution in [3.8, 4) is 23.4 Å². The third kappa shape index (κ3) is 2.30. The van der Waals surface area contributed by atoms with Gasteiger partial charge in [-0.15, -0.1) is 5.10 Å². The van der Waals surface area contributed by atoms with Crippen LogP contribution >= 0.6 is 0 Å². The van der Waals surface area contributed by atoms with Crippen LogP contribution in [0.2, 0.25) is 0 Å². The molecule has 3 N–H and O–H groups in total. The van der Waals surface area contributed by atoms with Gasteiger partial charge in [-0.25, -0.2) is 0 Å². The van der Waals surface area contributed by atoms with Crippen molar-refractivity contribution in [3.63, 3.8) is 0 Å². The molecule has 1 unspecified atom stereocenters. The molecule has 0 radical (unpaired) electrons. The summed E-state index contributed by atoms with van der Waals surface area (Å²) in [5.74, 6) is 1.45. The number of nitrogens with zero attached hydrogens (tertiary/aromatic N) is 2. The highest BCUT2D eigenvalue weighted by molar-refractivity contribution is 5.58. The molecule has 4 rings (SSSR count). The second-order valence-corrected chi connectivity index (χ2v) is 7.10. The number of rotatable bonds is 1. The fraction of sp³-hybridized carbons (Fsp3) is 0.333. The lowest BCUT2D eigenvalue weighted by Crippen LogP contribution is -2.23. The number of hydrogen-bond donors (Lipinski definition) is 2. The van der Waals surface area contributed by atoms with E-state index >= 15 is 0 Å². The van der Waals surface area contributed by atoms with Crippen molar-refractivity contribution in [1.29, 1.82) is 5.26 Å². The second-order valence-electron chi connectivity index (χ2n) is 7.10. The van der Waals surface area contributed by atoms with Gasteiger partial charge in [0.05, 0.1) is 11.5 Å². The summed E-state index contributed by atoms with van der Waals surface area (Å²) in [7, 11) is 0. The van der Waals surface area contributed by atoms with Crippen molar-refractivity contribution in [2.75, 3.05) is 6.79 Å². The molecule has 1 aromatic carbocycles. The average molecular weight is 338 g/mol. The summed E-state index contributed by atoms with van der Waals surface area (Å²) < 4.78 is 16.5. The van der Waals surface area contributed by atoms with E-state index in [4.69, 9.17) is 19.9 Å². The molecule has 2 aliphatic rings. The van der Waals surface area contributed by atoms with E-state index in [9.17, 15) is 5.26 Å². The van der Waals surface area contributed by atoms with Crippen molar-refractivity contribution in [2.24, 2.45) is 5.73 Å². The van der Waals surface area contributed by atoms with E-state index in [1.165, 1.54) is 0 Å². The summed E-state index contributed by atoms with van der Waals surface area (Å²) >= 11 is 0. The van der Waals surface area contributed by atoms with Crippen LogP contribution in [-0.4, -0.2) is 17.0 Å². The second kappa shape index (κ2) is 5.18. The van der Waals surface area contributed by atoms with E-state index in [1.54, 1.807) is 0 Å². The van der Waals surface area contributed by atoms with Crippen LogP contribution in [0.3, 0.4) is 0 Å². The van der Waals surface area contributed by atoms with Gasteiger partial charge in [-0.2, -0.15) is 5.26 Å². The molecule has 0 bridgehead atoms. The van der Waals surface area contributed by atoms with Gasteiger partial charge in [0, 0.05) is 11.1 Å². The Kier molecular flexibility index (Phi) is 3.19. The Morgan fingerprint density at radius 2 is 2.04 bits per heavy atom. The molecule has 3 heterocycles. The van der Waals surface area contributed by atoms with E-state index in [-0.39, 0.29) is 24.0 Å². The number of aromatic amines is 1. The van der Waals surface area contributed by atoms with Crippen LogP contribution in [0.1, 0.15) is 43.5 Å². The highest BCUT2D eigenvalue weighted by Crippen LogP contribution is 2.47. The SMILES string of the molecule is CC(C)(C)c1[nH]nc2c1C(c1ccc3c(c1)OCO3)C(C#N)=C(N)O2. The largest absolute Gasteiger partial charge is 0.454 e. The van der Waals surface area contributed by atoms with Gasteiger partial charge < -0.3 is 19.9 Å². The Hall–Kier alpha value is -3.14. The number of H-pyrrole nitrogens is 1. The zero-order chi connectivity index (χ0) is 17.8. The Morgan fingerprint density at radius 3 is 2.76 bits per heavy atom. The van der Waals surface area contributed by atoms with Crippen molar-refractivity contribution in [3.05, 3.63) is 46.5 Å². The number of nitrogens with two attached hydrogens (primary N) is 1. The first-order chi connectivity index (χ1) is 11.9.